The highest BCUT2D eigenvalue weighted by atomic mass is 16.1. The lowest BCUT2D eigenvalue weighted by atomic mass is 9.76. The van der Waals surface area contributed by atoms with Crippen LogP contribution in [-0.4, -0.2) is 17.3 Å². The monoisotopic (exact) mass is 712 g/mol. The molecule has 0 amide bonds. The molecule has 0 saturated carbocycles. The maximum absolute atomic E-state index is 15.2. The average Bonchev–Trinajstić information content (AvgIpc) is 3.25. The van der Waals surface area contributed by atoms with E-state index in [1.165, 1.54) is 6.08 Å². The molecule has 0 aliphatic heterocycles. The Morgan fingerprint density at radius 3 is 1.51 bits per heavy atom. The molecule has 0 bridgehead atoms. The van der Waals surface area contributed by atoms with Gasteiger partial charge in [-0.3, -0.25) is 14.4 Å². The summed E-state index contributed by atoms with van der Waals surface area (Å²) < 4.78 is 0. The molecule has 0 unspecified atom stereocenters. The molecule has 0 aliphatic rings. The Hall–Kier alpha value is -6.97. The highest BCUT2D eigenvalue weighted by molar-refractivity contribution is 6.21. The Labute approximate surface area is 323 Å². The first-order valence-electron chi connectivity index (χ1n) is 18.6. The molecule has 0 spiro atoms. The minimum atomic E-state index is -0.246. The lowest BCUT2D eigenvalue weighted by Crippen LogP contribution is -2.18. The van der Waals surface area contributed by atoms with Gasteiger partial charge < -0.3 is 0 Å². The van der Waals surface area contributed by atoms with Gasteiger partial charge in [-0.2, -0.15) is 0 Å². The zero-order valence-electron chi connectivity index (χ0n) is 30.5. The van der Waals surface area contributed by atoms with Gasteiger partial charge in [0, 0.05) is 22.3 Å². The Morgan fingerprint density at radius 2 is 0.909 bits per heavy atom. The molecular formula is C52H40O3. The van der Waals surface area contributed by atoms with E-state index < -0.39 is 0 Å². The molecule has 0 radical (unpaired) electrons. The molecule has 0 heterocycles. The van der Waals surface area contributed by atoms with Crippen molar-refractivity contribution >= 4 is 29.5 Å². The van der Waals surface area contributed by atoms with E-state index in [1.807, 2.05) is 140 Å². The second-order valence-corrected chi connectivity index (χ2v) is 13.4. The van der Waals surface area contributed by atoms with Crippen molar-refractivity contribution in [3.63, 3.8) is 0 Å². The van der Waals surface area contributed by atoms with E-state index >= 15 is 9.59 Å². The molecule has 7 aromatic rings. The number of carbonyl (C=O) groups excluding carboxylic acids is 3. The average molecular weight is 713 g/mol. The SMILES string of the molecule is O=C(C=Cc1c(C(=O)C=Cc2ccccc2)c(Cc2ccccc2)c(CCc2ccccc2)c(-c2ccccc2)c1C(=O)c1ccccc1)c1ccccc1. The summed E-state index contributed by atoms with van der Waals surface area (Å²) in [6.07, 6.45) is 8.29. The fraction of sp³-hybridized carbons (Fsp3) is 0.0577. The van der Waals surface area contributed by atoms with Crippen molar-refractivity contribution in [1.82, 2.24) is 0 Å². The van der Waals surface area contributed by atoms with Gasteiger partial charge in [0.05, 0.1) is 0 Å². The van der Waals surface area contributed by atoms with Crippen LogP contribution in [0.25, 0.3) is 23.3 Å². The van der Waals surface area contributed by atoms with E-state index in [0.717, 1.165) is 38.9 Å². The quantitative estimate of drug-likeness (QED) is 0.0833. The fourth-order valence-electron chi connectivity index (χ4n) is 7.08. The van der Waals surface area contributed by atoms with Crippen LogP contribution in [0.2, 0.25) is 0 Å². The highest BCUT2D eigenvalue weighted by Gasteiger charge is 2.30. The number of carbonyl (C=O) groups is 3. The molecule has 3 nitrogen and oxygen atoms in total. The molecular weight excluding hydrogens is 673 g/mol. The van der Waals surface area contributed by atoms with E-state index in [9.17, 15) is 4.79 Å². The molecule has 55 heavy (non-hydrogen) atoms. The van der Waals surface area contributed by atoms with E-state index in [1.54, 1.807) is 36.4 Å². The molecule has 0 aliphatic carbocycles. The smallest absolute Gasteiger partial charge is 0.194 e. The number of allylic oxidation sites excluding steroid dienone is 2. The van der Waals surface area contributed by atoms with Gasteiger partial charge in [-0.1, -0.05) is 188 Å². The summed E-state index contributed by atoms with van der Waals surface area (Å²) in [5.74, 6) is -0.695. The van der Waals surface area contributed by atoms with Crippen molar-refractivity contribution in [2.75, 3.05) is 0 Å². The minimum absolute atomic E-state index is 0.223. The summed E-state index contributed by atoms with van der Waals surface area (Å²) in [5.41, 5.74) is 8.69. The Morgan fingerprint density at radius 1 is 0.418 bits per heavy atom. The van der Waals surface area contributed by atoms with Gasteiger partial charge in [0.25, 0.3) is 0 Å². The number of aryl methyl sites for hydroxylation is 1. The zero-order valence-corrected chi connectivity index (χ0v) is 30.5. The number of ketones is 3. The molecule has 266 valence electrons. The van der Waals surface area contributed by atoms with E-state index in [0.29, 0.717) is 47.1 Å². The minimum Gasteiger partial charge on any atom is -0.289 e. The first-order chi connectivity index (χ1) is 27.1. The lowest BCUT2D eigenvalue weighted by molar-refractivity contribution is 0.103. The van der Waals surface area contributed by atoms with Crippen LogP contribution in [0.3, 0.4) is 0 Å². The standard InChI is InChI=1S/C52H40O3/c53-47(41-25-13-4-14-26-41)36-34-45-50(48(54)35-32-39-21-9-2-10-22-39)46(37-40-23-11-3-12-24-40)44(33-31-38-19-7-1-8-20-38)49(42-27-15-5-16-28-42)51(45)52(55)43-29-17-6-18-30-43/h1-30,32,34-36H,31,33,37H2. The number of rotatable bonds is 14. The molecule has 0 N–H and O–H groups in total. The van der Waals surface area contributed by atoms with E-state index in [4.69, 9.17) is 0 Å². The van der Waals surface area contributed by atoms with Crippen LogP contribution < -0.4 is 0 Å². The van der Waals surface area contributed by atoms with E-state index in [-0.39, 0.29) is 17.3 Å². The fourth-order valence-corrected chi connectivity index (χ4v) is 7.08. The summed E-state index contributed by atoms with van der Waals surface area (Å²) in [6.45, 7) is 0. The second kappa shape index (κ2) is 17.7. The predicted octanol–water partition coefficient (Wildman–Crippen LogP) is 11.8. The normalized spacial score (nSPS) is 11.2. The summed E-state index contributed by atoms with van der Waals surface area (Å²) >= 11 is 0. The zero-order chi connectivity index (χ0) is 37.8. The predicted molar refractivity (Wildman–Crippen MR) is 224 cm³/mol. The van der Waals surface area contributed by atoms with Crippen LogP contribution in [-0.2, 0) is 19.3 Å². The second-order valence-electron chi connectivity index (χ2n) is 13.4. The third kappa shape index (κ3) is 8.81. The first-order valence-corrected chi connectivity index (χ1v) is 18.6. The first kappa shape index (κ1) is 36.4. The Balaban J connectivity index is 1.59. The van der Waals surface area contributed by atoms with Gasteiger partial charge in [-0.15, -0.1) is 0 Å². The van der Waals surface area contributed by atoms with Gasteiger partial charge in [0.2, 0.25) is 0 Å². The summed E-state index contributed by atoms with van der Waals surface area (Å²) in [7, 11) is 0. The molecule has 3 heteroatoms. The van der Waals surface area contributed by atoms with Crippen molar-refractivity contribution in [2.24, 2.45) is 0 Å². The van der Waals surface area contributed by atoms with Crippen molar-refractivity contribution in [1.29, 1.82) is 0 Å². The summed E-state index contributed by atoms with van der Waals surface area (Å²) in [5, 5.41) is 0. The maximum Gasteiger partial charge on any atom is 0.194 e. The molecule has 7 rings (SSSR count). The van der Waals surface area contributed by atoms with Crippen LogP contribution in [0.5, 0.6) is 0 Å². The highest BCUT2D eigenvalue weighted by Crippen LogP contribution is 2.40. The van der Waals surface area contributed by atoms with Gasteiger partial charge in [-0.05, 0) is 82.0 Å². The molecule has 7 aromatic carbocycles. The largest absolute Gasteiger partial charge is 0.289 e. The van der Waals surface area contributed by atoms with Crippen molar-refractivity contribution in [3.8, 4) is 11.1 Å². The number of benzene rings is 7. The Bertz CT molecular complexity index is 2450. The van der Waals surface area contributed by atoms with Crippen LogP contribution in [0.1, 0.15) is 70.0 Å². The van der Waals surface area contributed by atoms with Crippen molar-refractivity contribution in [2.45, 2.75) is 19.3 Å². The van der Waals surface area contributed by atoms with Crippen LogP contribution >= 0.6 is 0 Å². The van der Waals surface area contributed by atoms with Crippen LogP contribution in [0.15, 0.2) is 194 Å². The van der Waals surface area contributed by atoms with Gasteiger partial charge >= 0.3 is 0 Å². The number of hydrogen-bond donors (Lipinski definition) is 0. The molecule has 0 aromatic heterocycles. The summed E-state index contributed by atoms with van der Waals surface area (Å²) in [6, 6.07) is 58.3. The molecule has 0 saturated heterocycles. The third-order valence-electron chi connectivity index (χ3n) is 9.75. The van der Waals surface area contributed by atoms with Crippen molar-refractivity contribution < 1.29 is 14.4 Å². The molecule has 0 fully saturated rings. The number of hydrogen-bond acceptors (Lipinski definition) is 3. The van der Waals surface area contributed by atoms with Gasteiger partial charge in [0.15, 0.2) is 17.3 Å². The van der Waals surface area contributed by atoms with Crippen LogP contribution in [0.4, 0.5) is 0 Å². The van der Waals surface area contributed by atoms with E-state index in [2.05, 4.69) is 24.3 Å². The third-order valence-corrected chi connectivity index (χ3v) is 9.75. The summed E-state index contributed by atoms with van der Waals surface area (Å²) in [4.78, 5) is 44.0. The van der Waals surface area contributed by atoms with Crippen molar-refractivity contribution in [3.05, 3.63) is 250 Å². The topological polar surface area (TPSA) is 51.2 Å². The lowest BCUT2D eigenvalue weighted by Gasteiger charge is -2.25. The Kier molecular flexibility index (Phi) is 11.7. The molecule has 0 atom stereocenters. The van der Waals surface area contributed by atoms with Crippen LogP contribution in [0, 0.1) is 0 Å². The maximum atomic E-state index is 15.2. The van der Waals surface area contributed by atoms with Gasteiger partial charge in [0.1, 0.15) is 0 Å². The van der Waals surface area contributed by atoms with Gasteiger partial charge in [-0.25, -0.2) is 0 Å².